The highest BCUT2D eigenvalue weighted by Crippen LogP contribution is 2.18. The van der Waals surface area contributed by atoms with Gasteiger partial charge in [0, 0.05) is 18.9 Å². The molecule has 6 nitrogen and oxygen atoms in total. The highest BCUT2D eigenvalue weighted by atomic mass is 32.1. The van der Waals surface area contributed by atoms with Gasteiger partial charge in [-0.1, -0.05) is 6.08 Å². The molecular formula is C9H10N6S. The Labute approximate surface area is 96.9 Å². The maximum absolute atomic E-state index is 5.73. The monoisotopic (exact) mass is 234 g/mol. The fourth-order valence-electron chi connectivity index (χ4n) is 1.32. The molecule has 2 aromatic rings. The Morgan fingerprint density at radius 1 is 1.50 bits per heavy atom. The van der Waals surface area contributed by atoms with E-state index in [2.05, 4.69) is 26.7 Å². The first kappa shape index (κ1) is 10.5. The maximum atomic E-state index is 5.73. The molecule has 0 saturated heterocycles. The van der Waals surface area contributed by atoms with Gasteiger partial charge in [-0.05, 0) is 12.2 Å². The summed E-state index contributed by atoms with van der Waals surface area (Å²) in [5.74, 6) is 0.886. The average Bonchev–Trinajstić information content (AvgIpc) is 2.62. The van der Waals surface area contributed by atoms with Crippen LogP contribution in [0.3, 0.4) is 0 Å². The summed E-state index contributed by atoms with van der Waals surface area (Å²) in [6, 6.07) is 0. The summed E-state index contributed by atoms with van der Waals surface area (Å²) in [6.07, 6.45) is 4.81. The predicted octanol–water partition coefficient (Wildman–Crippen LogP) is 1.17. The smallest absolute Gasteiger partial charge is 0.195 e. The van der Waals surface area contributed by atoms with Crippen molar-refractivity contribution in [2.75, 3.05) is 5.73 Å². The molecule has 0 aliphatic heterocycles. The summed E-state index contributed by atoms with van der Waals surface area (Å²) in [7, 11) is 0. The molecule has 0 fully saturated rings. The first-order valence-corrected chi connectivity index (χ1v) is 4.98. The van der Waals surface area contributed by atoms with Crippen LogP contribution in [0.5, 0.6) is 0 Å². The maximum Gasteiger partial charge on any atom is 0.195 e. The number of nitrogens with two attached hydrogens (primary N) is 1. The van der Waals surface area contributed by atoms with Crippen LogP contribution in [0.2, 0.25) is 0 Å². The van der Waals surface area contributed by atoms with E-state index in [-0.39, 0.29) is 0 Å². The Hall–Kier alpha value is -2.02. The minimum absolute atomic E-state index is 0.321. The van der Waals surface area contributed by atoms with Crippen LogP contribution in [0, 0.1) is 4.77 Å². The van der Waals surface area contributed by atoms with Crippen molar-refractivity contribution in [3.63, 3.8) is 0 Å². The van der Waals surface area contributed by atoms with Crippen molar-refractivity contribution in [3.8, 4) is 11.5 Å². The molecule has 7 heteroatoms. The molecule has 0 aliphatic rings. The molecule has 0 unspecified atom stereocenters. The number of hydrogen-bond donors (Lipinski definition) is 2. The van der Waals surface area contributed by atoms with E-state index in [1.165, 1.54) is 6.20 Å². The molecule has 0 aliphatic carbocycles. The molecule has 0 bridgehead atoms. The predicted molar refractivity (Wildman–Crippen MR) is 63.0 cm³/mol. The van der Waals surface area contributed by atoms with Gasteiger partial charge in [0.2, 0.25) is 0 Å². The molecule has 0 saturated carbocycles. The van der Waals surface area contributed by atoms with Crippen LogP contribution in [-0.2, 0) is 6.54 Å². The van der Waals surface area contributed by atoms with Gasteiger partial charge in [-0.25, -0.2) is 9.97 Å². The van der Waals surface area contributed by atoms with E-state index >= 15 is 0 Å². The fraction of sp³-hybridized carbons (Fsp3) is 0.111. The van der Waals surface area contributed by atoms with Gasteiger partial charge in [-0.2, -0.15) is 5.10 Å². The molecule has 3 N–H and O–H groups in total. The molecule has 2 heterocycles. The standard InChI is InChI=1S/C9H10N6S/c1-2-5-15-8(13-14-9(15)16)6-7(10)12-4-3-11-6/h2-4H,1,5H2,(H2,10,12)(H,14,16). The van der Waals surface area contributed by atoms with Crippen LogP contribution in [0.15, 0.2) is 25.0 Å². The number of rotatable bonds is 3. The third kappa shape index (κ3) is 1.72. The lowest BCUT2D eigenvalue weighted by Gasteiger charge is -2.04. The van der Waals surface area contributed by atoms with Crippen LogP contribution in [-0.4, -0.2) is 24.7 Å². The number of anilines is 1. The van der Waals surface area contributed by atoms with E-state index in [0.29, 0.717) is 28.7 Å². The van der Waals surface area contributed by atoms with Crippen LogP contribution in [0.1, 0.15) is 0 Å². The van der Waals surface area contributed by atoms with Crippen molar-refractivity contribution in [2.45, 2.75) is 6.54 Å². The molecule has 16 heavy (non-hydrogen) atoms. The SMILES string of the molecule is C=CCn1c(-c2nccnc2N)n[nH]c1=S. The topological polar surface area (TPSA) is 85.4 Å². The molecule has 2 aromatic heterocycles. The van der Waals surface area contributed by atoms with Gasteiger partial charge in [-0.3, -0.25) is 9.67 Å². The van der Waals surface area contributed by atoms with Crippen molar-refractivity contribution in [2.24, 2.45) is 0 Å². The van der Waals surface area contributed by atoms with E-state index in [9.17, 15) is 0 Å². The van der Waals surface area contributed by atoms with Crippen molar-refractivity contribution >= 4 is 18.0 Å². The third-order valence-electron chi connectivity index (χ3n) is 2.01. The van der Waals surface area contributed by atoms with E-state index in [4.69, 9.17) is 18.0 Å². The molecule has 0 amide bonds. The molecule has 0 atom stereocenters. The lowest BCUT2D eigenvalue weighted by Crippen LogP contribution is -2.03. The average molecular weight is 234 g/mol. The van der Waals surface area contributed by atoms with Gasteiger partial charge >= 0.3 is 0 Å². The van der Waals surface area contributed by atoms with Crippen molar-refractivity contribution in [1.82, 2.24) is 24.7 Å². The minimum Gasteiger partial charge on any atom is -0.382 e. The van der Waals surface area contributed by atoms with Crippen LogP contribution in [0.25, 0.3) is 11.5 Å². The van der Waals surface area contributed by atoms with Crippen LogP contribution in [0.4, 0.5) is 5.82 Å². The van der Waals surface area contributed by atoms with E-state index in [0.717, 1.165) is 0 Å². The molecule has 82 valence electrons. The lowest BCUT2D eigenvalue weighted by molar-refractivity contribution is 0.810. The summed E-state index contributed by atoms with van der Waals surface area (Å²) in [4.78, 5) is 8.09. The van der Waals surface area contributed by atoms with Crippen molar-refractivity contribution in [1.29, 1.82) is 0 Å². The zero-order chi connectivity index (χ0) is 11.5. The molecule has 0 spiro atoms. The van der Waals surface area contributed by atoms with Gasteiger partial charge in [0.25, 0.3) is 0 Å². The summed E-state index contributed by atoms with van der Waals surface area (Å²) >= 11 is 5.09. The van der Waals surface area contributed by atoms with Crippen molar-refractivity contribution < 1.29 is 0 Å². The third-order valence-corrected chi connectivity index (χ3v) is 2.32. The number of aromatic amines is 1. The Balaban J connectivity index is 2.60. The summed E-state index contributed by atoms with van der Waals surface area (Å²) in [5, 5.41) is 6.77. The first-order valence-electron chi connectivity index (χ1n) is 4.57. The normalized spacial score (nSPS) is 10.2. The van der Waals surface area contributed by atoms with Gasteiger partial charge in [0.1, 0.15) is 5.69 Å². The van der Waals surface area contributed by atoms with E-state index in [1.54, 1.807) is 16.8 Å². The number of nitrogen functional groups attached to an aromatic ring is 1. The second-order valence-corrected chi connectivity index (χ2v) is 3.43. The number of aromatic nitrogens is 5. The quantitative estimate of drug-likeness (QED) is 0.615. The number of hydrogen-bond acceptors (Lipinski definition) is 5. The summed E-state index contributed by atoms with van der Waals surface area (Å²) < 4.78 is 2.25. The number of nitrogens with zero attached hydrogens (tertiary/aromatic N) is 4. The molecule has 0 aromatic carbocycles. The highest BCUT2D eigenvalue weighted by molar-refractivity contribution is 7.71. The highest BCUT2D eigenvalue weighted by Gasteiger charge is 2.12. The fourth-order valence-corrected chi connectivity index (χ4v) is 1.52. The van der Waals surface area contributed by atoms with Gasteiger partial charge in [-0.15, -0.1) is 6.58 Å². The Kier molecular flexibility index (Phi) is 2.78. The van der Waals surface area contributed by atoms with E-state index in [1.807, 2.05) is 0 Å². The van der Waals surface area contributed by atoms with Gasteiger partial charge < -0.3 is 5.73 Å². The summed E-state index contributed by atoms with van der Waals surface area (Å²) in [5.41, 5.74) is 6.24. The summed E-state index contributed by atoms with van der Waals surface area (Å²) in [6.45, 7) is 4.20. The van der Waals surface area contributed by atoms with Crippen molar-refractivity contribution in [3.05, 3.63) is 29.8 Å². The Bertz CT molecular complexity index is 569. The minimum atomic E-state index is 0.321. The molecular weight excluding hydrogens is 224 g/mol. The number of allylic oxidation sites excluding steroid dienone is 1. The van der Waals surface area contributed by atoms with E-state index < -0.39 is 0 Å². The molecule has 0 radical (unpaired) electrons. The largest absolute Gasteiger partial charge is 0.382 e. The Morgan fingerprint density at radius 2 is 2.25 bits per heavy atom. The van der Waals surface area contributed by atoms with Gasteiger partial charge in [0.05, 0.1) is 0 Å². The second-order valence-electron chi connectivity index (χ2n) is 3.04. The zero-order valence-electron chi connectivity index (χ0n) is 8.42. The Morgan fingerprint density at radius 3 is 2.94 bits per heavy atom. The first-order chi connectivity index (χ1) is 7.74. The molecule has 2 rings (SSSR count). The number of H-pyrrole nitrogens is 1. The van der Waals surface area contributed by atoms with Gasteiger partial charge in [0.15, 0.2) is 16.4 Å². The lowest BCUT2D eigenvalue weighted by atomic mass is 10.4. The van der Waals surface area contributed by atoms with Crippen LogP contribution < -0.4 is 5.73 Å². The second kappa shape index (κ2) is 4.23. The number of nitrogens with one attached hydrogen (secondary N) is 1. The zero-order valence-corrected chi connectivity index (χ0v) is 9.24. The van der Waals surface area contributed by atoms with Crippen LogP contribution >= 0.6 is 12.2 Å².